The molecule has 5 nitrogen and oxygen atoms in total. The van der Waals surface area contributed by atoms with Gasteiger partial charge in [-0.25, -0.2) is 0 Å². The molecule has 6 heteroatoms. The average Bonchev–Trinajstić information content (AvgIpc) is 2.27. The molecule has 0 aliphatic heterocycles. The van der Waals surface area contributed by atoms with Crippen molar-refractivity contribution in [2.45, 2.75) is 6.04 Å². The van der Waals surface area contributed by atoms with E-state index < -0.39 is 6.04 Å². The van der Waals surface area contributed by atoms with E-state index in [9.17, 15) is 5.11 Å². The van der Waals surface area contributed by atoms with Gasteiger partial charge in [-0.3, -0.25) is 0 Å². The molecule has 0 saturated carbocycles. The maximum absolute atomic E-state index is 9.71. The number of phenolic OH excluding ortho intramolecular Hbond substituents is 1. The Bertz CT molecular complexity index is 384. The third-order valence-electron chi connectivity index (χ3n) is 2.19. The smallest absolute Gasteiger partial charge is 0.180 e. The number of hydrogen-bond acceptors (Lipinski definition) is 5. The maximum Gasteiger partial charge on any atom is 0.180 e. The Kier molecular flexibility index (Phi) is 4.23. The normalized spacial score (nSPS) is 12.3. The van der Waals surface area contributed by atoms with Crippen molar-refractivity contribution in [3.63, 3.8) is 0 Å². The molecule has 0 radical (unpaired) electrons. The molecule has 0 aliphatic rings. The van der Waals surface area contributed by atoms with Gasteiger partial charge in [-0.2, -0.15) is 0 Å². The highest BCUT2D eigenvalue weighted by molar-refractivity contribution is 6.33. The fourth-order valence-corrected chi connectivity index (χ4v) is 1.80. The first-order chi connectivity index (χ1) is 7.56. The number of aromatic hydroxyl groups is 1. The summed E-state index contributed by atoms with van der Waals surface area (Å²) in [6.45, 7) is -0.331. The lowest BCUT2D eigenvalue weighted by molar-refractivity contribution is 0.264. The molecule has 0 aliphatic carbocycles. The van der Waals surface area contributed by atoms with Gasteiger partial charge in [-0.05, 0) is 0 Å². The molecule has 0 saturated heterocycles. The minimum atomic E-state index is -0.771. The fraction of sp³-hybridized carbons (Fsp3) is 0.400. The summed E-state index contributed by atoms with van der Waals surface area (Å²) in [5.41, 5.74) is 5.86. The molecule has 0 spiro atoms. The van der Waals surface area contributed by atoms with Gasteiger partial charge >= 0.3 is 0 Å². The monoisotopic (exact) mass is 247 g/mol. The van der Waals surface area contributed by atoms with Crippen molar-refractivity contribution in [1.29, 1.82) is 0 Å². The van der Waals surface area contributed by atoms with Crippen molar-refractivity contribution in [1.82, 2.24) is 0 Å². The molecule has 0 fully saturated rings. The molecule has 0 aromatic heterocycles. The summed E-state index contributed by atoms with van der Waals surface area (Å²) in [7, 11) is 2.86. The Balaban J connectivity index is 3.40. The maximum atomic E-state index is 9.71. The second-order valence-electron chi connectivity index (χ2n) is 3.15. The standard InChI is InChI=1S/C10H14ClNO4/c1-15-7-3-6(14)8(5(12)4-13)9(11)10(7)16-2/h3,5,13-14H,4,12H2,1-2H3. The van der Waals surface area contributed by atoms with Crippen LogP contribution in [0.3, 0.4) is 0 Å². The minimum absolute atomic E-state index is 0.135. The van der Waals surface area contributed by atoms with E-state index in [0.717, 1.165) is 0 Å². The Morgan fingerprint density at radius 3 is 2.50 bits per heavy atom. The fourth-order valence-electron chi connectivity index (χ4n) is 1.40. The molecule has 1 atom stereocenters. The van der Waals surface area contributed by atoms with E-state index in [0.29, 0.717) is 5.75 Å². The second kappa shape index (κ2) is 5.25. The summed E-state index contributed by atoms with van der Waals surface area (Å²) >= 11 is 6.02. The lowest BCUT2D eigenvalue weighted by Crippen LogP contribution is -2.15. The molecule has 1 unspecified atom stereocenters. The van der Waals surface area contributed by atoms with Crippen LogP contribution in [0, 0.1) is 0 Å². The van der Waals surface area contributed by atoms with Gasteiger partial charge in [-0.15, -0.1) is 0 Å². The Labute approximate surface area is 98.3 Å². The van der Waals surface area contributed by atoms with E-state index in [1.54, 1.807) is 0 Å². The zero-order chi connectivity index (χ0) is 12.3. The van der Waals surface area contributed by atoms with Crippen LogP contribution < -0.4 is 15.2 Å². The largest absolute Gasteiger partial charge is 0.507 e. The summed E-state index contributed by atoms with van der Waals surface area (Å²) in [5, 5.41) is 18.8. The predicted molar refractivity (Wildman–Crippen MR) is 60.2 cm³/mol. The number of hydrogen-bond donors (Lipinski definition) is 3. The third-order valence-corrected chi connectivity index (χ3v) is 2.57. The highest BCUT2D eigenvalue weighted by atomic mass is 35.5. The molecule has 0 amide bonds. The minimum Gasteiger partial charge on any atom is -0.507 e. The molecular formula is C10H14ClNO4. The van der Waals surface area contributed by atoms with Crippen molar-refractivity contribution in [2.75, 3.05) is 20.8 Å². The first-order valence-electron chi connectivity index (χ1n) is 4.56. The summed E-state index contributed by atoms with van der Waals surface area (Å²) in [6.07, 6.45) is 0. The van der Waals surface area contributed by atoms with Crippen LogP contribution in [0.25, 0.3) is 0 Å². The number of rotatable bonds is 4. The van der Waals surface area contributed by atoms with E-state index in [-0.39, 0.29) is 28.7 Å². The van der Waals surface area contributed by atoms with E-state index in [2.05, 4.69) is 0 Å². The van der Waals surface area contributed by atoms with Crippen LogP contribution >= 0.6 is 11.6 Å². The Morgan fingerprint density at radius 1 is 1.44 bits per heavy atom. The second-order valence-corrected chi connectivity index (χ2v) is 3.53. The molecule has 0 heterocycles. The number of methoxy groups -OCH3 is 2. The number of aliphatic hydroxyl groups excluding tert-OH is 1. The van der Waals surface area contributed by atoms with Gasteiger partial charge in [0.05, 0.1) is 31.9 Å². The number of benzene rings is 1. The molecular weight excluding hydrogens is 234 g/mol. The lowest BCUT2D eigenvalue weighted by Gasteiger charge is -2.17. The van der Waals surface area contributed by atoms with Crippen LogP contribution in [0.5, 0.6) is 17.2 Å². The van der Waals surface area contributed by atoms with Crippen molar-refractivity contribution >= 4 is 11.6 Å². The van der Waals surface area contributed by atoms with Gasteiger partial charge in [-0.1, -0.05) is 11.6 Å². The highest BCUT2D eigenvalue weighted by Crippen LogP contribution is 2.44. The lowest BCUT2D eigenvalue weighted by atomic mass is 10.1. The summed E-state index contributed by atoms with van der Waals surface area (Å²) < 4.78 is 10.0. The number of ether oxygens (including phenoxy) is 2. The molecule has 1 aromatic rings. The highest BCUT2D eigenvalue weighted by Gasteiger charge is 2.21. The van der Waals surface area contributed by atoms with Crippen molar-refractivity contribution in [3.05, 3.63) is 16.7 Å². The van der Waals surface area contributed by atoms with Crippen molar-refractivity contribution in [3.8, 4) is 17.2 Å². The first kappa shape index (κ1) is 12.9. The van der Waals surface area contributed by atoms with E-state index in [1.165, 1.54) is 20.3 Å². The van der Waals surface area contributed by atoms with Gasteiger partial charge in [0, 0.05) is 11.6 Å². The van der Waals surface area contributed by atoms with E-state index in [4.69, 9.17) is 31.9 Å². The quantitative estimate of drug-likeness (QED) is 0.741. The van der Waals surface area contributed by atoms with E-state index in [1.807, 2.05) is 0 Å². The number of phenols is 1. The van der Waals surface area contributed by atoms with Crippen LogP contribution in [0.1, 0.15) is 11.6 Å². The molecule has 0 bridgehead atoms. The molecule has 1 rings (SSSR count). The Morgan fingerprint density at radius 2 is 2.06 bits per heavy atom. The molecule has 90 valence electrons. The third kappa shape index (κ3) is 2.16. The zero-order valence-electron chi connectivity index (χ0n) is 9.03. The summed E-state index contributed by atoms with van der Waals surface area (Å²) in [6, 6.07) is 0.572. The van der Waals surface area contributed by atoms with Gasteiger partial charge in [0.1, 0.15) is 5.75 Å². The summed E-state index contributed by atoms with van der Waals surface area (Å²) in [4.78, 5) is 0. The van der Waals surface area contributed by atoms with E-state index >= 15 is 0 Å². The van der Waals surface area contributed by atoms with Crippen LogP contribution in [-0.4, -0.2) is 31.0 Å². The van der Waals surface area contributed by atoms with Crippen LogP contribution in [-0.2, 0) is 0 Å². The molecule has 16 heavy (non-hydrogen) atoms. The molecule has 4 N–H and O–H groups in total. The zero-order valence-corrected chi connectivity index (χ0v) is 9.78. The topological polar surface area (TPSA) is 84.9 Å². The Hall–Kier alpha value is -1.17. The van der Waals surface area contributed by atoms with Gasteiger partial charge in [0.2, 0.25) is 0 Å². The summed E-state index contributed by atoms with van der Waals surface area (Å²) in [5.74, 6) is 0.448. The van der Waals surface area contributed by atoms with Gasteiger partial charge in [0.25, 0.3) is 0 Å². The predicted octanol–water partition coefficient (Wildman–Crippen LogP) is 1.05. The molecule has 1 aromatic carbocycles. The van der Waals surface area contributed by atoms with Crippen molar-refractivity contribution < 1.29 is 19.7 Å². The van der Waals surface area contributed by atoms with Crippen LogP contribution in [0.4, 0.5) is 0 Å². The van der Waals surface area contributed by atoms with Crippen molar-refractivity contribution in [2.24, 2.45) is 5.73 Å². The van der Waals surface area contributed by atoms with Crippen LogP contribution in [0.2, 0.25) is 5.02 Å². The van der Waals surface area contributed by atoms with Gasteiger partial charge < -0.3 is 25.4 Å². The number of aliphatic hydroxyl groups is 1. The first-order valence-corrected chi connectivity index (χ1v) is 4.94. The van der Waals surface area contributed by atoms with Gasteiger partial charge in [0.15, 0.2) is 11.5 Å². The number of nitrogens with two attached hydrogens (primary N) is 1. The SMILES string of the molecule is COc1cc(O)c(C(N)CO)c(Cl)c1OC. The number of halogens is 1. The average molecular weight is 248 g/mol. The van der Waals surface area contributed by atoms with Crippen LogP contribution in [0.15, 0.2) is 6.07 Å².